The Morgan fingerprint density at radius 1 is 1.20 bits per heavy atom. The standard InChI is InChI=1S/C11H12O3S/c1-13-8-3-7-4-9(6-12)15-11(7)10(5-8)14-2/h3-5,12H,6H2,1-2H3. The summed E-state index contributed by atoms with van der Waals surface area (Å²) in [5.41, 5.74) is 0. The Kier molecular flexibility index (Phi) is 2.79. The second-order valence-corrected chi connectivity index (χ2v) is 4.26. The number of hydrogen-bond acceptors (Lipinski definition) is 4. The first-order valence-electron chi connectivity index (χ1n) is 4.53. The minimum atomic E-state index is 0.0603. The zero-order valence-corrected chi connectivity index (χ0v) is 9.43. The van der Waals surface area contributed by atoms with Gasteiger partial charge in [-0.25, -0.2) is 0 Å². The minimum absolute atomic E-state index is 0.0603. The van der Waals surface area contributed by atoms with E-state index in [0.29, 0.717) is 0 Å². The van der Waals surface area contributed by atoms with Crippen molar-refractivity contribution in [1.82, 2.24) is 0 Å². The number of aliphatic hydroxyl groups is 1. The molecule has 0 aliphatic carbocycles. The van der Waals surface area contributed by atoms with Gasteiger partial charge in [-0.15, -0.1) is 11.3 Å². The molecule has 0 atom stereocenters. The molecule has 2 rings (SSSR count). The van der Waals surface area contributed by atoms with Crippen LogP contribution in [-0.4, -0.2) is 19.3 Å². The van der Waals surface area contributed by atoms with Crippen LogP contribution in [0.1, 0.15) is 4.88 Å². The van der Waals surface area contributed by atoms with Crippen molar-refractivity contribution < 1.29 is 14.6 Å². The van der Waals surface area contributed by atoms with Gasteiger partial charge in [0.2, 0.25) is 0 Å². The van der Waals surface area contributed by atoms with Crippen molar-refractivity contribution in [2.24, 2.45) is 0 Å². The molecular formula is C11H12O3S. The van der Waals surface area contributed by atoms with Crippen LogP contribution in [0.5, 0.6) is 11.5 Å². The maximum absolute atomic E-state index is 9.07. The van der Waals surface area contributed by atoms with Gasteiger partial charge in [0.05, 0.1) is 25.5 Å². The number of aliphatic hydroxyl groups excluding tert-OH is 1. The summed E-state index contributed by atoms with van der Waals surface area (Å²) in [6.07, 6.45) is 0. The molecule has 3 nitrogen and oxygen atoms in total. The lowest BCUT2D eigenvalue weighted by Gasteiger charge is -2.04. The number of rotatable bonds is 3. The molecule has 1 heterocycles. The quantitative estimate of drug-likeness (QED) is 0.870. The van der Waals surface area contributed by atoms with Gasteiger partial charge in [0, 0.05) is 16.3 Å². The molecule has 2 aromatic rings. The monoisotopic (exact) mass is 224 g/mol. The van der Waals surface area contributed by atoms with Crippen LogP contribution in [0.15, 0.2) is 18.2 Å². The SMILES string of the molecule is COc1cc(OC)c2sc(CO)cc2c1. The third kappa shape index (κ3) is 1.78. The van der Waals surface area contributed by atoms with Crippen molar-refractivity contribution in [2.75, 3.05) is 14.2 Å². The Morgan fingerprint density at radius 2 is 2.00 bits per heavy atom. The molecule has 0 bridgehead atoms. The van der Waals surface area contributed by atoms with Crippen LogP contribution >= 0.6 is 11.3 Å². The van der Waals surface area contributed by atoms with Crippen LogP contribution in [0, 0.1) is 0 Å². The van der Waals surface area contributed by atoms with Gasteiger partial charge in [-0.05, 0) is 12.1 Å². The third-order valence-corrected chi connectivity index (χ3v) is 3.37. The average molecular weight is 224 g/mol. The van der Waals surface area contributed by atoms with Crippen molar-refractivity contribution in [1.29, 1.82) is 0 Å². The van der Waals surface area contributed by atoms with E-state index >= 15 is 0 Å². The van der Waals surface area contributed by atoms with Crippen LogP contribution < -0.4 is 9.47 Å². The molecule has 0 unspecified atom stereocenters. The number of methoxy groups -OCH3 is 2. The highest BCUT2D eigenvalue weighted by molar-refractivity contribution is 7.19. The highest BCUT2D eigenvalue weighted by Crippen LogP contribution is 2.37. The summed E-state index contributed by atoms with van der Waals surface area (Å²) in [5.74, 6) is 1.55. The van der Waals surface area contributed by atoms with Gasteiger partial charge in [0.25, 0.3) is 0 Å². The van der Waals surface area contributed by atoms with Gasteiger partial charge in [-0.3, -0.25) is 0 Å². The lowest BCUT2D eigenvalue weighted by Crippen LogP contribution is -1.86. The van der Waals surface area contributed by atoms with Gasteiger partial charge in [-0.2, -0.15) is 0 Å². The predicted octanol–water partition coefficient (Wildman–Crippen LogP) is 2.41. The van der Waals surface area contributed by atoms with Gasteiger partial charge in [0.1, 0.15) is 11.5 Å². The second kappa shape index (κ2) is 4.08. The van der Waals surface area contributed by atoms with E-state index in [1.54, 1.807) is 14.2 Å². The first-order valence-corrected chi connectivity index (χ1v) is 5.35. The van der Waals surface area contributed by atoms with Crippen LogP contribution in [-0.2, 0) is 6.61 Å². The normalized spacial score (nSPS) is 10.6. The highest BCUT2D eigenvalue weighted by Gasteiger charge is 2.08. The van der Waals surface area contributed by atoms with Crippen molar-refractivity contribution in [2.45, 2.75) is 6.61 Å². The summed E-state index contributed by atoms with van der Waals surface area (Å²) in [6.45, 7) is 0.0603. The molecule has 0 amide bonds. The predicted molar refractivity (Wildman–Crippen MR) is 60.9 cm³/mol. The maximum Gasteiger partial charge on any atom is 0.140 e. The summed E-state index contributed by atoms with van der Waals surface area (Å²) in [5, 5.41) is 10.1. The Bertz CT molecular complexity index is 476. The summed E-state index contributed by atoms with van der Waals surface area (Å²) >= 11 is 1.54. The fraction of sp³-hybridized carbons (Fsp3) is 0.273. The number of ether oxygens (including phenoxy) is 2. The first kappa shape index (κ1) is 10.3. The van der Waals surface area contributed by atoms with E-state index in [0.717, 1.165) is 26.5 Å². The molecule has 4 heteroatoms. The molecule has 0 saturated heterocycles. The number of benzene rings is 1. The van der Waals surface area contributed by atoms with Gasteiger partial charge < -0.3 is 14.6 Å². The molecular weight excluding hydrogens is 212 g/mol. The summed E-state index contributed by atoms with van der Waals surface area (Å²) < 4.78 is 11.5. The van der Waals surface area contributed by atoms with E-state index in [1.807, 2.05) is 18.2 Å². The van der Waals surface area contributed by atoms with Crippen LogP contribution in [0.4, 0.5) is 0 Å². The van der Waals surface area contributed by atoms with Crippen molar-refractivity contribution in [3.8, 4) is 11.5 Å². The summed E-state index contributed by atoms with van der Waals surface area (Å²) in [6, 6.07) is 5.73. The topological polar surface area (TPSA) is 38.7 Å². The van der Waals surface area contributed by atoms with E-state index in [9.17, 15) is 0 Å². The third-order valence-electron chi connectivity index (χ3n) is 2.22. The number of fused-ring (bicyclic) bond motifs is 1. The molecule has 0 aliphatic heterocycles. The number of thiophene rings is 1. The summed E-state index contributed by atoms with van der Waals surface area (Å²) in [4.78, 5) is 0.927. The Hall–Kier alpha value is -1.26. The molecule has 1 aromatic heterocycles. The summed E-state index contributed by atoms with van der Waals surface area (Å²) in [7, 11) is 3.26. The van der Waals surface area contributed by atoms with Crippen molar-refractivity contribution >= 4 is 21.4 Å². The fourth-order valence-electron chi connectivity index (χ4n) is 1.50. The molecule has 15 heavy (non-hydrogen) atoms. The van der Waals surface area contributed by atoms with Crippen LogP contribution in [0.3, 0.4) is 0 Å². The molecule has 80 valence electrons. The number of hydrogen-bond donors (Lipinski definition) is 1. The first-order chi connectivity index (χ1) is 7.28. The zero-order chi connectivity index (χ0) is 10.8. The Morgan fingerprint density at radius 3 is 2.60 bits per heavy atom. The Balaban J connectivity index is 2.66. The van der Waals surface area contributed by atoms with Gasteiger partial charge in [-0.1, -0.05) is 0 Å². The minimum Gasteiger partial charge on any atom is -0.497 e. The second-order valence-electron chi connectivity index (χ2n) is 3.12. The molecule has 0 spiro atoms. The molecule has 0 fully saturated rings. The van der Waals surface area contributed by atoms with Crippen molar-refractivity contribution in [3.63, 3.8) is 0 Å². The van der Waals surface area contributed by atoms with E-state index in [-0.39, 0.29) is 6.61 Å². The smallest absolute Gasteiger partial charge is 0.140 e. The molecule has 1 aromatic carbocycles. The lowest BCUT2D eigenvalue weighted by atomic mass is 10.2. The molecule has 0 radical (unpaired) electrons. The Labute approximate surface area is 91.9 Å². The van der Waals surface area contributed by atoms with Gasteiger partial charge >= 0.3 is 0 Å². The fourth-order valence-corrected chi connectivity index (χ4v) is 2.49. The largest absolute Gasteiger partial charge is 0.497 e. The molecule has 1 N–H and O–H groups in total. The van der Waals surface area contributed by atoms with E-state index in [1.165, 1.54) is 11.3 Å². The highest BCUT2D eigenvalue weighted by atomic mass is 32.1. The van der Waals surface area contributed by atoms with E-state index in [2.05, 4.69) is 0 Å². The molecule has 0 aliphatic rings. The maximum atomic E-state index is 9.07. The zero-order valence-electron chi connectivity index (χ0n) is 8.61. The van der Waals surface area contributed by atoms with E-state index < -0.39 is 0 Å². The average Bonchev–Trinajstić information content (AvgIpc) is 2.70. The van der Waals surface area contributed by atoms with Crippen LogP contribution in [0.2, 0.25) is 0 Å². The van der Waals surface area contributed by atoms with Crippen LogP contribution in [0.25, 0.3) is 10.1 Å². The molecule has 0 saturated carbocycles. The van der Waals surface area contributed by atoms with E-state index in [4.69, 9.17) is 14.6 Å². The van der Waals surface area contributed by atoms with Crippen molar-refractivity contribution in [3.05, 3.63) is 23.1 Å². The lowest BCUT2D eigenvalue weighted by molar-refractivity contribution is 0.285. The van der Waals surface area contributed by atoms with Gasteiger partial charge in [0.15, 0.2) is 0 Å².